The van der Waals surface area contributed by atoms with Gasteiger partial charge in [0, 0.05) is 30.4 Å². The van der Waals surface area contributed by atoms with Crippen molar-refractivity contribution in [2.24, 2.45) is 0 Å². The number of carbonyl (C=O) groups excluding carboxylic acids is 3. The smallest absolute Gasteiger partial charge is 0.277 e. The van der Waals surface area contributed by atoms with Crippen LogP contribution in [0.3, 0.4) is 0 Å². The Hall–Kier alpha value is -2.67. The zero-order chi connectivity index (χ0) is 17.3. The van der Waals surface area contributed by atoms with Crippen molar-refractivity contribution < 1.29 is 19.5 Å². The molecule has 2 heterocycles. The summed E-state index contributed by atoms with van der Waals surface area (Å²) in [6, 6.07) is 5.48. The highest BCUT2D eigenvalue weighted by molar-refractivity contribution is 6.17. The molecule has 0 aromatic heterocycles. The number of nitrogens with zero attached hydrogens (tertiary/aromatic N) is 2. The molecule has 3 rings (SSSR count). The molecule has 24 heavy (non-hydrogen) atoms. The topological polar surface area (TPSA) is 90.0 Å². The van der Waals surface area contributed by atoms with Crippen molar-refractivity contribution in [2.75, 3.05) is 29.9 Å². The van der Waals surface area contributed by atoms with Gasteiger partial charge in [0.25, 0.3) is 11.8 Å². The van der Waals surface area contributed by atoms with Crippen LogP contribution in [0.4, 0.5) is 11.4 Å². The lowest BCUT2D eigenvalue weighted by Gasteiger charge is -2.21. The van der Waals surface area contributed by atoms with Crippen molar-refractivity contribution in [1.29, 1.82) is 0 Å². The number of aliphatic hydroxyl groups excluding tert-OH is 1. The molecule has 0 unspecified atom stereocenters. The maximum Gasteiger partial charge on any atom is 0.277 e. The quantitative estimate of drug-likeness (QED) is 0.779. The average molecular weight is 329 g/mol. The van der Waals surface area contributed by atoms with Gasteiger partial charge in [0.2, 0.25) is 5.91 Å². The van der Waals surface area contributed by atoms with Crippen LogP contribution in [0.1, 0.15) is 18.4 Å². The summed E-state index contributed by atoms with van der Waals surface area (Å²) in [5.41, 5.74) is 2.49. The van der Waals surface area contributed by atoms with E-state index in [4.69, 9.17) is 5.11 Å². The lowest BCUT2D eigenvalue weighted by Crippen LogP contribution is -2.34. The molecule has 7 nitrogen and oxygen atoms in total. The van der Waals surface area contributed by atoms with E-state index in [1.54, 1.807) is 11.0 Å². The standard InChI is InChI=1S/C17H19N3O4/c1-11-12(4-2-5-14(11)19-7-3-6-15(19)22)18-13-10-16(23)20(8-9-21)17(13)24/h2,4-5,10,18,21H,3,6-9H2,1H3. The highest BCUT2D eigenvalue weighted by Gasteiger charge is 2.31. The number of hydrogen-bond acceptors (Lipinski definition) is 5. The molecule has 2 aliphatic rings. The van der Waals surface area contributed by atoms with E-state index in [0.717, 1.165) is 22.6 Å². The van der Waals surface area contributed by atoms with E-state index in [9.17, 15) is 14.4 Å². The molecular formula is C17H19N3O4. The average Bonchev–Trinajstić information content (AvgIpc) is 3.08. The second-order valence-electron chi connectivity index (χ2n) is 5.80. The van der Waals surface area contributed by atoms with Crippen LogP contribution in [0.5, 0.6) is 0 Å². The molecule has 3 amide bonds. The highest BCUT2D eigenvalue weighted by Crippen LogP contribution is 2.31. The van der Waals surface area contributed by atoms with E-state index in [1.807, 2.05) is 19.1 Å². The molecule has 0 aliphatic carbocycles. The van der Waals surface area contributed by atoms with Crippen LogP contribution in [0.25, 0.3) is 0 Å². The minimum atomic E-state index is -0.462. The first-order chi connectivity index (χ1) is 11.5. The normalized spacial score (nSPS) is 17.8. The van der Waals surface area contributed by atoms with Crippen LogP contribution in [-0.4, -0.2) is 47.4 Å². The van der Waals surface area contributed by atoms with Gasteiger partial charge in [-0.3, -0.25) is 19.3 Å². The Labute approximate surface area is 139 Å². The summed E-state index contributed by atoms with van der Waals surface area (Å²) in [7, 11) is 0. The molecule has 1 saturated heterocycles. The maximum atomic E-state index is 12.2. The van der Waals surface area contributed by atoms with Gasteiger partial charge in [-0.1, -0.05) is 6.07 Å². The summed E-state index contributed by atoms with van der Waals surface area (Å²) in [4.78, 5) is 38.7. The van der Waals surface area contributed by atoms with Crippen LogP contribution in [0.2, 0.25) is 0 Å². The molecular weight excluding hydrogens is 310 g/mol. The van der Waals surface area contributed by atoms with Gasteiger partial charge in [-0.25, -0.2) is 0 Å². The van der Waals surface area contributed by atoms with Crippen LogP contribution in [-0.2, 0) is 14.4 Å². The van der Waals surface area contributed by atoms with Crippen LogP contribution in [0, 0.1) is 6.92 Å². The van der Waals surface area contributed by atoms with Gasteiger partial charge in [-0.05, 0) is 31.0 Å². The summed E-state index contributed by atoms with van der Waals surface area (Å²) in [5, 5.41) is 11.9. The predicted octanol–water partition coefficient (Wildman–Crippen LogP) is 0.779. The number of carbonyl (C=O) groups is 3. The number of nitrogens with one attached hydrogen (secondary N) is 1. The van der Waals surface area contributed by atoms with Gasteiger partial charge in [-0.15, -0.1) is 0 Å². The minimum absolute atomic E-state index is 0.0271. The Morgan fingerprint density at radius 3 is 2.71 bits per heavy atom. The van der Waals surface area contributed by atoms with E-state index >= 15 is 0 Å². The largest absolute Gasteiger partial charge is 0.395 e. The Balaban J connectivity index is 1.84. The Morgan fingerprint density at radius 1 is 1.25 bits per heavy atom. The number of hydrogen-bond donors (Lipinski definition) is 2. The van der Waals surface area contributed by atoms with Crippen molar-refractivity contribution in [3.63, 3.8) is 0 Å². The Kier molecular flexibility index (Phi) is 4.35. The third kappa shape index (κ3) is 2.78. The lowest BCUT2D eigenvalue weighted by molar-refractivity contribution is -0.137. The lowest BCUT2D eigenvalue weighted by atomic mass is 10.1. The summed E-state index contributed by atoms with van der Waals surface area (Å²) < 4.78 is 0. The van der Waals surface area contributed by atoms with Crippen molar-refractivity contribution >= 4 is 29.1 Å². The number of rotatable bonds is 5. The molecule has 0 radical (unpaired) electrons. The zero-order valence-corrected chi connectivity index (χ0v) is 13.4. The third-order valence-corrected chi connectivity index (χ3v) is 4.27. The third-order valence-electron chi connectivity index (χ3n) is 4.27. The summed E-state index contributed by atoms with van der Waals surface area (Å²) in [5.74, 6) is -0.813. The summed E-state index contributed by atoms with van der Waals surface area (Å²) in [6.45, 7) is 2.26. The molecule has 2 aliphatic heterocycles. The Morgan fingerprint density at radius 2 is 2.04 bits per heavy atom. The van der Waals surface area contributed by atoms with Crippen molar-refractivity contribution in [1.82, 2.24) is 4.90 Å². The molecule has 126 valence electrons. The van der Waals surface area contributed by atoms with Crippen molar-refractivity contribution in [3.05, 3.63) is 35.5 Å². The van der Waals surface area contributed by atoms with Gasteiger partial charge >= 0.3 is 0 Å². The highest BCUT2D eigenvalue weighted by atomic mass is 16.3. The van der Waals surface area contributed by atoms with E-state index < -0.39 is 11.8 Å². The van der Waals surface area contributed by atoms with E-state index in [1.165, 1.54) is 6.08 Å². The molecule has 0 spiro atoms. The number of aliphatic hydroxyl groups is 1. The molecule has 1 aromatic rings. The predicted molar refractivity (Wildman–Crippen MR) is 88.3 cm³/mol. The fourth-order valence-electron chi connectivity index (χ4n) is 3.01. The molecule has 7 heteroatoms. The molecule has 0 saturated carbocycles. The van der Waals surface area contributed by atoms with Gasteiger partial charge in [0.1, 0.15) is 5.70 Å². The van der Waals surface area contributed by atoms with Gasteiger partial charge in [0.15, 0.2) is 0 Å². The number of benzene rings is 1. The summed E-state index contributed by atoms with van der Waals surface area (Å²) >= 11 is 0. The molecule has 1 aromatic carbocycles. The molecule has 1 fully saturated rings. The monoisotopic (exact) mass is 329 g/mol. The number of amides is 3. The number of β-amino-alcohol motifs (C(OH)–C–C–N with tert-alkyl or cyclic N) is 1. The molecule has 2 N–H and O–H groups in total. The molecule has 0 atom stereocenters. The van der Waals surface area contributed by atoms with Crippen LogP contribution < -0.4 is 10.2 Å². The minimum Gasteiger partial charge on any atom is -0.395 e. The Bertz CT molecular complexity index is 741. The second-order valence-corrected chi connectivity index (χ2v) is 5.80. The van der Waals surface area contributed by atoms with Gasteiger partial charge < -0.3 is 15.3 Å². The number of imide groups is 1. The SMILES string of the molecule is Cc1c(NC2=CC(=O)N(CCO)C2=O)cccc1N1CCCC1=O. The first kappa shape index (κ1) is 16.2. The number of anilines is 2. The molecule has 0 bridgehead atoms. The van der Waals surface area contributed by atoms with Crippen LogP contribution in [0.15, 0.2) is 30.0 Å². The first-order valence-corrected chi connectivity index (χ1v) is 7.88. The van der Waals surface area contributed by atoms with Gasteiger partial charge in [0.05, 0.1) is 13.2 Å². The zero-order valence-electron chi connectivity index (χ0n) is 13.4. The van der Waals surface area contributed by atoms with Crippen molar-refractivity contribution in [3.8, 4) is 0 Å². The van der Waals surface area contributed by atoms with Crippen molar-refractivity contribution in [2.45, 2.75) is 19.8 Å². The van der Waals surface area contributed by atoms with E-state index in [0.29, 0.717) is 18.7 Å². The van der Waals surface area contributed by atoms with Crippen LogP contribution >= 0.6 is 0 Å². The fraction of sp³-hybridized carbons (Fsp3) is 0.353. The van der Waals surface area contributed by atoms with Gasteiger partial charge in [-0.2, -0.15) is 0 Å². The van der Waals surface area contributed by atoms with E-state index in [2.05, 4.69) is 5.32 Å². The second kappa shape index (κ2) is 6.45. The fourth-order valence-corrected chi connectivity index (χ4v) is 3.01. The van der Waals surface area contributed by atoms with E-state index in [-0.39, 0.29) is 24.8 Å². The summed E-state index contributed by atoms with van der Waals surface area (Å²) in [6.07, 6.45) is 2.61. The first-order valence-electron chi connectivity index (χ1n) is 7.88. The maximum absolute atomic E-state index is 12.2.